The molecule has 1 amide bonds. The largest absolute Gasteiger partial charge is 0.472 e. The van der Waals surface area contributed by atoms with Gasteiger partial charge in [-0.15, -0.1) is 0 Å². The molecule has 0 atom stereocenters. The predicted molar refractivity (Wildman–Crippen MR) is 61.0 cm³/mol. The second kappa shape index (κ2) is 4.80. The summed E-state index contributed by atoms with van der Waals surface area (Å²) in [6.07, 6.45) is 2.67. The number of furan rings is 1. The molecular weight excluding hydrogens is 223 g/mol. The average molecular weight is 234 g/mol. The van der Waals surface area contributed by atoms with E-state index in [4.69, 9.17) is 10.2 Å². The molecule has 2 rings (SSSR count). The third kappa shape index (κ3) is 2.51. The van der Waals surface area contributed by atoms with Gasteiger partial charge in [-0.25, -0.2) is 4.39 Å². The van der Waals surface area contributed by atoms with Crippen LogP contribution in [0.2, 0.25) is 0 Å². The number of anilines is 1. The van der Waals surface area contributed by atoms with Crippen molar-refractivity contribution < 1.29 is 13.6 Å². The van der Waals surface area contributed by atoms with Crippen molar-refractivity contribution >= 4 is 11.6 Å². The molecule has 0 bridgehead atoms. The van der Waals surface area contributed by atoms with Crippen LogP contribution in [-0.2, 0) is 6.54 Å². The maximum atomic E-state index is 13.5. The molecule has 4 nitrogen and oxygen atoms in total. The summed E-state index contributed by atoms with van der Waals surface area (Å²) in [5.41, 5.74) is 6.51. The molecule has 0 unspecified atom stereocenters. The number of benzene rings is 1. The lowest BCUT2D eigenvalue weighted by Gasteiger charge is -2.06. The van der Waals surface area contributed by atoms with Crippen molar-refractivity contribution in [2.45, 2.75) is 6.54 Å². The van der Waals surface area contributed by atoms with Crippen molar-refractivity contribution in [3.63, 3.8) is 0 Å². The van der Waals surface area contributed by atoms with E-state index in [1.165, 1.54) is 30.7 Å². The fourth-order valence-corrected chi connectivity index (χ4v) is 1.38. The Morgan fingerprint density at radius 2 is 2.24 bits per heavy atom. The number of carbonyl (C=O) groups is 1. The van der Waals surface area contributed by atoms with Gasteiger partial charge >= 0.3 is 0 Å². The normalized spacial score (nSPS) is 10.2. The Hall–Kier alpha value is -2.14. The summed E-state index contributed by atoms with van der Waals surface area (Å²) in [5.74, 6) is -0.928. The van der Waals surface area contributed by atoms with Crippen molar-refractivity contribution in [3.05, 3.63) is 53.7 Å². The van der Waals surface area contributed by atoms with Crippen LogP contribution < -0.4 is 11.1 Å². The van der Waals surface area contributed by atoms with E-state index in [1.807, 2.05) is 0 Å². The minimum atomic E-state index is -0.509. The topological polar surface area (TPSA) is 68.3 Å². The van der Waals surface area contributed by atoms with Gasteiger partial charge < -0.3 is 15.5 Å². The Labute approximate surface area is 97.2 Å². The quantitative estimate of drug-likeness (QED) is 0.854. The van der Waals surface area contributed by atoms with E-state index in [1.54, 1.807) is 6.07 Å². The van der Waals surface area contributed by atoms with E-state index in [0.29, 0.717) is 11.1 Å². The van der Waals surface area contributed by atoms with Gasteiger partial charge in [-0.1, -0.05) is 6.07 Å². The third-order valence-corrected chi connectivity index (χ3v) is 2.30. The predicted octanol–water partition coefficient (Wildman–Crippen LogP) is 2.13. The smallest absolute Gasteiger partial charge is 0.258 e. The van der Waals surface area contributed by atoms with E-state index < -0.39 is 11.7 Å². The lowest BCUT2D eigenvalue weighted by atomic mass is 10.2. The first-order valence-corrected chi connectivity index (χ1v) is 5.03. The van der Waals surface area contributed by atoms with Crippen molar-refractivity contribution in [1.29, 1.82) is 0 Å². The summed E-state index contributed by atoms with van der Waals surface area (Å²) in [6.45, 7) is 0.257. The van der Waals surface area contributed by atoms with E-state index in [9.17, 15) is 9.18 Å². The van der Waals surface area contributed by atoms with Gasteiger partial charge in [-0.05, 0) is 23.8 Å². The molecule has 0 saturated carbocycles. The zero-order valence-corrected chi connectivity index (χ0v) is 8.94. The summed E-state index contributed by atoms with van der Waals surface area (Å²) < 4.78 is 18.3. The molecule has 2 aromatic rings. The number of amides is 1. The van der Waals surface area contributed by atoms with Crippen molar-refractivity contribution in [2.75, 3.05) is 5.32 Å². The Morgan fingerprint density at radius 1 is 1.41 bits per heavy atom. The van der Waals surface area contributed by atoms with Crippen molar-refractivity contribution in [3.8, 4) is 0 Å². The minimum absolute atomic E-state index is 0.119. The molecule has 1 aromatic carbocycles. The molecule has 3 N–H and O–H groups in total. The molecule has 0 spiro atoms. The first kappa shape index (κ1) is 11.3. The average Bonchev–Trinajstić information content (AvgIpc) is 2.85. The lowest BCUT2D eigenvalue weighted by Crippen LogP contribution is -2.12. The molecule has 1 aromatic heterocycles. The van der Waals surface area contributed by atoms with E-state index in [-0.39, 0.29) is 12.2 Å². The van der Waals surface area contributed by atoms with Crippen LogP contribution in [0.25, 0.3) is 0 Å². The van der Waals surface area contributed by atoms with Gasteiger partial charge in [-0.3, -0.25) is 4.79 Å². The first-order chi connectivity index (χ1) is 8.20. The standard InChI is InChI=1S/C12H11FN2O2/c13-10-5-8(6-14)1-2-11(10)15-12(16)9-3-4-17-7-9/h1-5,7H,6,14H2,(H,15,16). The molecular formula is C12H11FN2O2. The molecule has 5 heteroatoms. The van der Waals surface area contributed by atoms with Crippen molar-refractivity contribution in [1.82, 2.24) is 0 Å². The summed E-state index contributed by atoms with van der Waals surface area (Å²) in [6, 6.07) is 5.94. The van der Waals surface area contributed by atoms with Crippen LogP contribution in [0.15, 0.2) is 41.2 Å². The molecule has 0 aliphatic rings. The van der Waals surface area contributed by atoms with Crippen LogP contribution in [0, 0.1) is 5.82 Å². The molecule has 0 radical (unpaired) electrons. The van der Waals surface area contributed by atoms with E-state index in [2.05, 4.69) is 5.32 Å². The maximum absolute atomic E-state index is 13.5. The molecule has 0 saturated heterocycles. The summed E-state index contributed by atoms with van der Waals surface area (Å²) >= 11 is 0. The third-order valence-electron chi connectivity index (χ3n) is 2.30. The van der Waals surface area contributed by atoms with Crippen LogP contribution in [0.5, 0.6) is 0 Å². The Bertz CT molecular complexity index is 523. The highest BCUT2D eigenvalue weighted by molar-refractivity contribution is 6.04. The fourth-order valence-electron chi connectivity index (χ4n) is 1.38. The van der Waals surface area contributed by atoms with Gasteiger partial charge in [0.05, 0.1) is 17.5 Å². The van der Waals surface area contributed by atoms with Gasteiger partial charge in [0.25, 0.3) is 5.91 Å². The Balaban J connectivity index is 2.16. The molecule has 1 heterocycles. The lowest BCUT2D eigenvalue weighted by molar-refractivity contribution is 0.102. The highest BCUT2D eigenvalue weighted by Crippen LogP contribution is 2.16. The number of hydrogen-bond donors (Lipinski definition) is 2. The van der Waals surface area contributed by atoms with E-state index >= 15 is 0 Å². The van der Waals surface area contributed by atoms with E-state index in [0.717, 1.165) is 0 Å². The zero-order valence-electron chi connectivity index (χ0n) is 8.94. The van der Waals surface area contributed by atoms with Gasteiger partial charge in [0.2, 0.25) is 0 Å². The van der Waals surface area contributed by atoms with Gasteiger partial charge in [0, 0.05) is 6.54 Å². The summed E-state index contributed by atoms with van der Waals surface area (Å²) in [4.78, 5) is 11.6. The zero-order chi connectivity index (χ0) is 12.3. The Kier molecular flexibility index (Phi) is 3.20. The van der Waals surface area contributed by atoms with Crippen LogP contribution in [0.4, 0.5) is 10.1 Å². The van der Waals surface area contributed by atoms with Gasteiger partial charge in [-0.2, -0.15) is 0 Å². The van der Waals surface area contributed by atoms with Gasteiger partial charge in [0.15, 0.2) is 0 Å². The fraction of sp³-hybridized carbons (Fsp3) is 0.0833. The summed E-state index contributed by atoms with van der Waals surface area (Å²) in [5, 5.41) is 2.45. The molecule has 0 aliphatic carbocycles. The monoisotopic (exact) mass is 234 g/mol. The van der Waals surface area contributed by atoms with Crippen LogP contribution in [0.1, 0.15) is 15.9 Å². The van der Waals surface area contributed by atoms with Crippen LogP contribution in [0.3, 0.4) is 0 Å². The number of hydrogen-bond acceptors (Lipinski definition) is 3. The van der Waals surface area contributed by atoms with Crippen molar-refractivity contribution in [2.24, 2.45) is 5.73 Å². The molecule has 17 heavy (non-hydrogen) atoms. The SMILES string of the molecule is NCc1ccc(NC(=O)c2ccoc2)c(F)c1. The number of nitrogens with one attached hydrogen (secondary N) is 1. The maximum Gasteiger partial charge on any atom is 0.258 e. The number of rotatable bonds is 3. The number of carbonyl (C=O) groups excluding carboxylic acids is 1. The molecule has 0 fully saturated rings. The number of nitrogens with two attached hydrogens (primary N) is 1. The molecule has 0 aliphatic heterocycles. The summed E-state index contributed by atoms with van der Waals surface area (Å²) in [7, 11) is 0. The van der Waals surface area contributed by atoms with Gasteiger partial charge in [0.1, 0.15) is 12.1 Å². The second-order valence-electron chi connectivity index (χ2n) is 3.48. The Morgan fingerprint density at radius 3 is 2.82 bits per heavy atom. The number of halogens is 1. The molecule has 88 valence electrons. The highest BCUT2D eigenvalue weighted by atomic mass is 19.1. The minimum Gasteiger partial charge on any atom is -0.472 e. The van der Waals surface area contributed by atoms with Crippen LogP contribution >= 0.6 is 0 Å². The second-order valence-corrected chi connectivity index (χ2v) is 3.48. The first-order valence-electron chi connectivity index (χ1n) is 5.03. The van der Waals surface area contributed by atoms with Crippen LogP contribution in [-0.4, -0.2) is 5.91 Å². The highest BCUT2D eigenvalue weighted by Gasteiger charge is 2.10.